The standard InChI is InChI=1S/C73H59N3O3SSi2/c1-81(2,3)51-41-37-49(38-42-51)74(47-23-9-7-10-24-47)61-45-57-70(72-67(61)53-27-13-19-33-63(53)79-72)69-56(73(57,77)55-29-15-16-30-58(55)76-59-31-17-21-35-65(59)80-66-36-22-18-32-60(66)76)46-62(71-68(69)54-28-14-20-34-64(54)78-71)75(48-25-11-8-12-26-48)50-39-43-52(44-40-50)82(4,5)6/h7-46,77H,1-6H3. The monoisotopic (exact) mass is 1110 g/mol. The summed E-state index contributed by atoms with van der Waals surface area (Å²) >= 11 is 1.77. The molecule has 82 heavy (non-hydrogen) atoms. The first kappa shape index (κ1) is 50.1. The molecule has 1 unspecified atom stereocenters. The van der Waals surface area contributed by atoms with Crippen LogP contribution >= 0.6 is 11.8 Å². The van der Waals surface area contributed by atoms with Gasteiger partial charge in [-0.1, -0.05) is 201 Å². The largest absolute Gasteiger partial charge is 0.455 e. The molecular formula is C73H59N3O3SSi2. The lowest BCUT2D eigenvalue weighted by atomic mass is 9.81. The summed E-state index contributed by atoms with van der Waals surface area (Å²) in [6, 6.07) is 86.4. The minimum Gasteiger partial charge on any atom is -0.455 e. The third kappa shape index (κ3) is 7.78. The summed E-state index contributed by atoms with van der Waals surface area (Å²) < 4.78 is 14.8. The van der Waals surface area contributed by atoms with E-state index in [1.54, 1.807) is 11.8 Å². The molecule has 3 heterocycles. The van der Waals surface area contributed by atoms with E-state index in [0.29, 0.717) is 16.7 Å². The van der Waals surface area contributed by atoms with Gasteiger partial charge in [0.05, 0.1) is 50.0 Å². The molecule has 0 amide bonds. The summed E-state index contributed by atoms with van der Waals surface area (Å²) in [6.07, 6.45) is 0. The highest BCUT2D eigenvalue weighted by Gasteiger charge is 2.50. The Kier molecular flexibility index (Phi) is 11.5. The second kappa shape index (κ2) is 18.9. The van der Waals surface area contributed by atoms with Crippen molar-refractivity contribution in [1.82, 2.24) is 0 Å². The average molecular weight is 1110 g/mol. The molecule has 9 heteroatoms. The third-order valence-corrected chi connectivity index (χ3v) is 22.0. The van der Waals surface area contributed by atoms with Crippen molar-refractivity contribution in [3.8, 4) is 11.1 Å². The maximum atomic E-state index is 15.6. The average Bonchev–Trinajstić information content (AvgIpc) is 2.44. The zero-order valence-corrected chi connectivity index (χ0v) is 49.4. The molecule has 0 radical (unpaired) electrons. The summed E-state index contributed by atoms with van der Waals surface area (Å²) in [5.41, 5.74) is 13.5. The smallest absolute Gasteiger partial charge is 0.160 e. The van der Waals surface area contributed by atoms with Gasteiger partial charge in [-0.2, -0.15) is 0 Å². The highest BCUT2D eigenvalue weighted by Crippen LogP contribution is 2.64. The SMILES string of the molecule is C[Si](C)(C)c1ccc(N(c2ccccc2)c2cc3c(c4c2oc2ccccc24)-c2c(cc(N(c4ccccc4)c4ccc([Si](C)(C)C)cc4)c4c2oc2ccccc24)C3(O)c2ccccc2N2c3ccccc3Sc3ccccc32)cc1. The molecule has 0 spiro atoms. The van der Waals surface area contributed by atoms with Crippen molar-refractivity contribution in [3.05, 3.63) is 259 Å². The molecule has 0 fully saturated rings. The highest BCUT2D eigenvalue weighted by atomic mass is 32.2. The summed E-state index contributed by atoms with van der Waals surface area (Å²) in [5.74, 6) is 0. The first-order chi connectivity index (χ1) is 39.8. The van der Waals surface area contributed by atoms with E-state index in [0.717, 1.165) is 116 Å². The van der Waals surface area contributed by atoms with Crippen LogP contribution in [0.2, 0.25) is 39.3 Å². The molecule has 2 aliphatic rings. The van der Waals surface area contributed by atoms with Crippen molar-refractivity contribution in [2.75, 3.05) is 14.7 Å². The first-order valence-corrected chi connectivity index (χ1v) is 36.0. The zero-order valence-electron chi connectivity index (χ0n) is 46.6. The number of nitrogens with zero attached hydrogens (tertiary/aromatic N) is 3. The van der Waals surface area contributed by atoms with E-state index in [9.17, 15) is 0 Å². The quantitative estimate of drug-likeness (QED) is 0.137. The number of aliphatic hydroxyl groups is 1. The molecule has 2 aromatic heterocycles. The Labute approximate surface area is 484 Å². The molecule has 15 rings (SSSR count). The molecule has 0 bridgehead atoms. The Hall–Kier alpha value is -8.84. The number of anilines is 9. The summed E-state index contributed by atoms with van der Waals surface area (Å²) in [5, 5.41) is 22.1. The molecule has 0 saturated heterocycles. The first-order valence-electron chi connectivity index (χ1n) is 28.2. The molecule has 1 aliphatic carbocycles. The highest BCUT2D eigenvalue weighted by molar-refractivity contribution is 7.99. The van der Waals surface area contributed by atoms with E-state index in [1.165, 1.54) is 10.4 Å². The molecule has 6 nitrogen and oxygen atoms in total. The van der Waals surface area contributed by atoms with Crippen LogP contribution in [0.5, 0.6) is 0 Å². The van der Waals surface area contributed by atoms with Gasteiger partial charge in [0.1, 0.15) is 22.4 Å². The minimum atomic E-state index is -1.84. The van der Waals surface area contributed by atoms with Crippen LogP contribution in [0.4, 0.5) is 51.2 Å². The Morgan fingerprint density at radius 1 is 0.390 bits per heavy atom. The Morgan fingerprint density at radius 2 is 0.805 bits per heavy atom. The maximum Gasteiger partial charge on any atom is 0.160 e. The van der Waals surface area contributed by atoms with Gasteiger partial charge in [0.15, 0.2) is 5.58 Å². The van der Waals surface area contributed by atoms with E-state index in [1.807, 2.05) is 12.1 Å². The molecular weight excluding hydrogens is 1060 g/mol. The van der Waals surface area contributed by atoms with Gasteiger partial charge < -0.3 is 28.6 Å². The maximum absolute atomic E-state index is 15.6. The van der Waals surface area contributed by atoms with Gasteiger partial charge in [0.2, 0.25) is 0 Å². The molecule has 0 saturated carbocycles. The van der Waals surface area contributed by atoms with Gasteiger partial charge in [0, 0.05) is 76.5 Å². The summed E-state index contributed by atoms with van der Waals surface area (Å²) in [6.45, 7) is 14.3. The van der Waals surface area contributed by atoms with Crippen LogP contribution in [0.25, 0.3) is 55.0 Å². The van der Waals surface area contributed by atoms with Gasteiger partial charge in [0.25, 0.3) is 0 Å². The van der Waals surface area contributed by atoms with Gasteiger partial charge in [-0.15, -0.1) is 0 Å². The number of hydrogen-bond donors (Lipinski definition) is 1. The second-order valence-electron chi connectivity index (χ2n) is 23.8. The van der Waals surface area contributed by atoms with Gasteiger partial charge in [-0.05, 0) is 103 Å². The van der Waals surface area contributed by atoms with Crippen LogP contribution in [0.3, 0.4) is 0 Å². The number of furan rings is 2. The Balaban J connectivity index is 1.12. The zero-order chi connectivity index (χ0) is 55.6. The van der Waals surface area contributed by atoms with Gasteiger partial charge >= 0.3 is 0 Å². The van der Waals surface area contributed by atoms with Crippen LogP contribution in [0, 0.1) is 0 Å². The predicted molar refractivity (Wildman–Crippen MR) is 349 cm³/mol. The molecule has 1 N–H and O–H groups in total. The second-order valence-corrected chi connectivity index (χ2v) is 35.0. The molecule has 1 atom stereocenters. The van der Waals surface area contributed by atoms with Crippen molar-refractivity contribution in [1.29, 1.82) is 0 Å². The number of fused-ring (bicyclic) bond motifs is 13. The lowest BCUT2D eigenvalue weighted by Gasteiger charge is -2.38. The fourth-order valence-corrected chi connectivity index (χ4v) is 16.2. The summed E-state index contributed by atoms with van der Waals surface area (Å²) in [7, 11) is -3.35. The lowest BCUT2D eigenvalue weighted by Crippen LogP contribution is -2.37. The van der Waals surface area contributed by atoms with Crippen molar-refractivity contribution in [2.24, 2.45) is 0 Å². The van der Waals surface area contributed by atoms with E-state index < -0.39 is 21.7 Å². The van der Waals surface area contributed by atoms with E-state index in [4.69, 9.17) is 8.83 Å². The van der Waals surface area contributed by atoms with Crippen LogP contribution in [-0.4, -0.2) is 21.3 Å². The van der Waals surface area contributed by atoms with Crippen LogP contribution < -0.4 is 25.1 Å². The van der Waals surface area contributed by atoms with Crippen molar-refractivity contribution >= 4 is 133 Å². The van der Waals surface area contributed by atoms with Gasteiger partial charge in [-0.3, -0.25) is 0 Å². The number of hydrogen-bond acceptors (Lipinski definition) is 7. The van der Waals surface area contributed by atoms with E-state index >= 15 is 5.11 Å². The van der Waals surface area contributed by atoms with Crippen LogP contribution in [0.15, 0.2) is 261 Å². The fourth-order valence-electron chi connectivity index (χ4n) is 12.8. The van der Waals surface area contributed by atoms with Crippen molar-refractivity contribution in [3.63, 3.8) is 0 Å². The van der Waals surface area contributed by atoms with Crippen LogP contribution in [-0.2, 0) is 5.60 Å². The molecule has 398 valence electrons. The lowest BCUT2D eigenvalue weighted by molar-refractivity contribution is 0.131. The van der Waals surface area contributed by atoms with E-state index in [-0.39, 0.29) is 0 Å². The van der Waals surface area contributed by atoms with E-state index in [2.05, 4.69) is 285 Å². The fraction of sp³-hybridized carbons (Fsp3) is 0.0959. The van der Waals surface area contributed by atoms with Gasteiger partial charge in [-0.25, -0.2) is 0 Å². The Morgan fingerprint density at radius 3 is 1.35 bits per heavy atom. The third-order valence-electron chi connectivity index (χ3n) is 16.7. The molecule has 11 aromatic carbocycles. The molecule has 13 aromatic rings. The van der Waals surface area contributed by atoms with Crippen LogP contribution in [0.1, 0.15) is 16.7 Å². The number of benzene rings is 11. The van der Waals surface area contributed by atoms with Crippen molar-refractivity contribution < 1.29 is 13.9 Å². The Bertz CT molecular complexity index is 4610. The molecule has 1 aliphatic heterocycles. The normalized spacial score (nSPS) is 14.7. The summed E-state index contributed by atoms with van der Waals surface area (Å²) in [4.78, 5) is 9.29. The number of para-hydroxylation sites is 7. The predicted octanol–water partition coefficient (Wildman–Crippen LogP) is 19.7. The number of rotatable bonds is 10. The van der Waals surface area contributed by atoms with Crippen molar-refractivity contribution in [2.45, 2.75) is 54.7 Å². The topological polar surface area (TPSA) is 56.2 Å². The minimum absolute atomic E-state index is 0.689.